The summed E-state index contributed by atoms with van der Waals surface area (Å²) in [4.78, 5) is 16.2. The van der Waals surface area contributed by atoms with Gasteiger partial charge in [0.25, 0.3) is 5.56 Å². The number of ether oxygens (including phenoxy) is 1. The summed E-state index contributed by atoms with van der Waals surface area (Å²) >= 11 is 0. The van der Waals surface area contributed by atoms with Crippen LogP contribution in [0.15, 0.2) is 47.3 Å². The Morgan fingerprint density at radius 2 is 1.96 bits per heavy atom. The molecule has 0 amide bonds. The second-order valence-corrected chi connectivity index (χ2v) is 5.93. The van der Waals surface area contributed by atoms with E-state index >= 15 is 0 Å². The number of rotatable bonds is 2. The third kappa shape index (κ3) is 2.09. The van der Waals surface area contributed by atoms with Crippen LogP contribution >= 0.6 is 0 Å². The normalized spacial score (nSPS) is 11.3. The number of nitrogens with one attached hydrogen (secondary N) is 1. The molecule has 2 aromatic carbocycles. The van der Waals surface area contributed by atoms with E-state index in [0.29, 0.717) is 5.52 Å². The number of aromatic amines is 1. The number of aryl methyl sites for hydroxylation is 2. The fraction of sp³-hybridized carbons (Fsp3) is 0.158. The van der Waals surface area contributed by atoms with Gasteiger partial charge in [0.15, 0.2) is 0 Å². The molecule has 0 bridgehead atoms. The first-order valence-electron chi connectivity index (χ1n) is 7.75. The SMILES string of the molecule is COc1ccc2[nH]c3c(=O)n(-c4cccc(C)c4)nc(C)c3c2c1. The van der Waals surface area contributed by atoms with Crippen LogP contribution < -0.4 is 10.3 Å². The Kier molecular flexibility index (Phi) is 3.16. The lowest BCUT2D eigenvalue weighted by Gasteiger charge is -2.07. The van der Waals surface area contributed by atoms with Crippen molar-refractivity contribution < 1.29 is 4.74 Å². The van der Waals surface area contributed by atoms with Crippen molar-refractivity contribution in [1.82, 2.24) is 14.8 Å². The molecule has 0 unspecified atom stereocenters. The van der Waals surface area contributed by atoms with Crippen LogP contribution in [0.3, 0.4) is 0 Å². The molecule has 0 aliphatic rings. The number of hydrogen-bond acceptors (Lipinski definition) is 3. The number of fused-ring (bicyclic) bond motifs is 3. The summed E-state index contributed by atoms with van der Waals surface area (Å²) in [6, 6.07) is 13.5. The van der Waals surface area contributed by atoms with E-state index in [1.807, 2.05) is 56.3 Å². The average Bonchev–Trinajstić information content (AvgIpc) is 2.97. The number of hydrogen-bond donors (Lipinski definition) is 1. The molecule has 2 heterocycles. The van der Waals surface area contributed by atoms with Gasteiger partial charge in [-0.25, -0.2) is 0 Å². The van der Waals surface area contributed by atoms with Crippen LogP contribution in [-0.4, -0.2) is 21.9 Å². The van der Waals surface area contributed by atoms with Crippen molar-refractivity contribution in [3.63, 3.8) is 0 Å². The van der Waals surface area contributed by atoms with Crippen molar-refractivity contribution in [3.05, 3.63) is 64.1 Å². The monoisotopic (exact) mass is 319 g/mol. The van der Waals surface area contributed by atoms with E-state index in [-0.39, 0.29) is 5.56 Å². The van der Waals surface area contributed by atoms with Crippen molar-refractivity contribution in [2.24, 2.45) is 0 Å². The maximum absolute atomic E-state index is 13.0. The van der Waals surface area contributed by atoms with Crippen LogP contribution in [0.4, 0.5) is 0 Å². The van der Waals surface area contributed by atoms with Gasteiger partial charge in [0.2, 0.25) is 0 Å². The summed E-state index contributed by atoms with van der Waals surface area (Å²) < 4.78 is 6.75. The van der Waals surface area contributed by atoms with Gasteiger partial charge in [-0.2, -0.15) is 9.78 Å². The molecule has 5 nitrogen and oxygen atoms in total. The van der Waals surface area contributed by atoms with Gasteiger partial charge in [-0.15, -0.1) is 0 Å². The lowest BCUT2D eigenvalue weighted by atomic mass is 10.1. The van der Waals surface area contributed by atoms with Crippen LogP contribution in [0.1, 0.15) is 11.3 Å². The molecule has 0 fully saturated rings. The summed E-state index contributed by atoms with van der Waals surface area (Å²) in [7, 11) is 1.63. The molecule has 24 heavy (non-hydrogen) atoms. The number of nitrogens with zero attached hydrogens (tertiary/aromatic N) is 2. The van der Waals surface area contributed by atoms with Crippen LogP contribution in [0, 0.1) is 13.8 Å². The second-order valence-electron chi connectivity index (χ2n) is 5.93. The third-order valence-corrected chi connectivity index (χ3v) is 4.27. The predicted octanol–water partition coefficient (Wildman–Crippen LogP) is 3.49. The molecule has 0 aliphatic heterocycles. The first-order valence-corrected chi connectivity index (χ1v) is 7.75. The zero-order chi connectivity index (χ0) is 16.8. The van der Waals surface area contributed by atoms with Crippen molar-refractivity contribution >= 4 is 21.8 Å². The zero-order valence-corrected chi connectivity index (χ0v) is 13.8. The maximum atomic E-state index is 13.0. The van der Waals surface area contributed by atoms with Crippen molar-refractivity contribution in [2.45, 2.75) is 13.8 Å². The Morgan fingerprint density at radius 1 is 1.12 bits per heavy atom. The smallest absolute Gasteiger partial charge is 0.295 e. The Morgan fingerprint density at radius 3 is 2.71 bits per heavy atom. The molecule has 4 aromatic rings. The highest BCUT2D eigenvalue weighted by Crippen LogP contribution is 2.28. The van der Waals surface area contributed by atoms with Gasteiger partial charge in [-0.3, -0.25) is 4.79 Å². The summed E-state index contributed by atoms with van der Waals surface area (Å²) in [6.07, 6.45) is 0. The molecule has 0 atom stereocenters. The first kappa shape index (κ1) is 14.5. The quantitative estimate of drug-likeness (QED) is 0.615. The largest absolute Gasteiger partial charge is 0.497 e. The summed E-state index contributed by atoms with van der Waals surface area (Å²) in [6.45, 7) is 3.91. The van der Waals surface area contributed by atoms with E-state index in [1.165, 1.54) is 4.68 Å². The van der Waals surface area contributed by atoms with E-state index in [2.05, 4.69) is 10.1 Å². The number of H-pyrrole nitrogens is 1. The Bertz CT molecular complexity index is 1140. The van der Waals surface area contributed by atoms with Gasteiger partial charge in [-0.1, -0.05) is 12.1 Å². The standard InChI is InChI=1S/C19H17N3O2/c1-11-5-4-6-13(9-11)22-19(23)18-17(12(2)21-22)15-10-14(24-3)7-8-16(15)20-18/h4-10,20H,1-3H3. The Labute approximate surface area is 138 Å². The van der Waals surface area contributed by atoms with Crippen LogP contribution in [0.5, 0.6) is 5.75 Å². The Hall–Kier alpha value is -3.08. The number of benzene rings is 2. The minimum absolute atomic E-state index is 0.156. The molecule has 120 valence electrons. The molecular formula is C19H17N3O2. The summed E-state index contributed by atoms with van der Waals surface area (Å²) in [5.74, 6) is 0.755. The molecule has 0 saturated carbocycles. The molecule has 5 heteroatoms. The average molecular weight is 319 g/mol. The Balaban J connectivity index is 2.08. The molecule has 2 aromatic heterocycles. The lowest BCUT2D eigenvalue weighted by Crippen LogP contribution is -2.22. The molecule has 0 saturated heterocycles. The minimum atomic E-state index is -0.156. The minimum Gasteiger partial charge on any atom is -0.497 e. The summed E-state index contributed by atoms with van der Waals surface area (Å²) in [5.41, 5.74) is 3.95. The van der Waals surface area contributed by atoms with Gasteiger partial charge in [0.05, 0.1) is 18.5 Å². The van der Waals surface area contributed by atoms with Crippen LogP contribution in [0.2, 0.25) is 0 Å². The number of methoxy groups -OCH3 is 1. The van der Waals surface area contributed by atoms with Gasteiger partial charge in [-0.05, 0) is 49.7 Å². The zero-order valence-electron chi connectivity index (χ0n) is 13.8. The topological polar surface area (TPSA) is 59.9 Å². The van der Waals surface area contributed by atoms with E-state index in [1.54, 1.807) is 7.11 Å². The highest BCUT2D eigenvalue weighted by Gasteiger charge is 2.15. The predicted molar refractivity (Wildman–Crippen MR) is 95.2 cm³/mol. The molecule has 0 spiro atoms. The fourth-order valence-corrected chi connectivity index (χ4v) is 3.12. The number of aromatic nitrogens is 3. The van der Waals surface area contributed by atoms with E-state index in [4.69, 9.17) is 4.74 Å². The van der Waals surface area contributed by atoms with Crippen molar-refractivity contribution in [2.75, 3.05) is 7.11 Å². The van der Waals surface area contributed by atoms with Gasteiger partial charge in [0, 0.05) is 16.3 Å². The molecular weight excluding hydrogens is 302 g/mol. The summed E-state index contributed by atoms with van der Waals surface area (Å²) in [5, 5.41) is 6.33. The highest BCUT2D eigenvalue weighted by molar-refractivity contribution is 6.08. The molecule has 4 rings (SSSR count). The van der Waals surface area contributed by atoms with E-state index < -0.39 is 0 Å². The van der Waals surface area contributed by atoms with Gasteiger partial charge < -0.3 is 9.72 Å². The molecule has 0 radical (unpaired) electrons. The molecule has 1 N–H and O–H groups in total. The van der Waals surface area contributed by atoms with E-state index in [9.17, 15) is 4.79 Å². The van der Waals surface area contributed by atoms with Crippen LogP contribution in [0.25, 0.3) is 27.5 Å². The maximum Gasteiger partial charge on any atom is 0.295 e. The molecule has 0 aliphatic carbocycles. The van der Waals surface area contributed by atoms with Crippen molar-refractivity contribution in [1.29, 1.82) is 0 Å². The van der Waals surface area contributed by atoms with E-state index in [0.717, 1.165) is 39.0 Å². The van der Waals surface area contributed by atoms with Gasteiger partial charge >= 0.3 is 0 Å². The lowest BCUT2D eigenvalue weighted by molar-refractivity contribution is 0.415. The van der Waals surface area contributed by atoms with Gasteiger partial charge in [0.1, 0.15) is 11.3 Å². The highest BCUT2D eigenvalue weighted by atomic mass is 16.5. The van der Waals surface area contributed by atoms with Crippen molar-refractivity contribution in [3.8, 4) is 11.4 Å². The first-order chi connectivity index (χ1) is 11.6. The fourth-order valence-electron chi connectivity index (χ4n) is 3.12. The van der Waals surface area contributed by atoms with Crippen LogP contribution in [-0.2, 0) is 0 Å². The third-order valence-electron chi connectivity index (χ3n) is 4.27. The second kappa shape index (κ2) is 5.23.